The summed E-state index contributed by atoms with van der Waals surface area (Å²) in [5, 5.41) is 18.3. The van der Waals surface area contributed by atoms with E-state index in [-0.39, 0.29) is 17.9 Å². The molecule has 0 bridgehead atoms. The molecule has 0 heterocycles. The van der Waals surface area contributed by atoms with Gasteiger partial charge < -0.3 is 14.9 Å². The summed E-state index contributed by atoms with van der Waals surface area (Å²) in [5.41, 5.74) is 1.13. The summed E-state index contributed by atoms with van der Waals surface area (Å²) in [7, 11) is 1.23. The first kappa shape index (κ1) is 11.3. The molecule has 0 atom stereocenters. The predicted octanol–water partition coefficient (Wildman–Crippen LogP) is 1.18. The Kier molecular flexibility index (Phi) is 3.46. The molecule has 4 heteroatoms. The van der Waals surface area contributed by atoms with Crippen LogP contribution in [0.3, 0.4) is 0 Å². The fourth-order valence-corrected chi connectivity index (χ4v) is 1.12. The summed E-state index contributed by atoms with van der Waals surface area (Å²) in [4.78, 5) is 11.2. The van der Waals surface area contributed by atoms with E-state index in [9.17, 15) is 9.90 Å². The molecule has 0 radical (unpaired) electrons. The Morgan fingerprint density at radius 3 is 2.73 bits per heavy atom. The molecule has 0 saturated carbocycles. The molecule has 0 aliphatic rings. The third-order valence-electron chi connectivity index (χ3n) is 2.00. The first-order valence-electron chi connectivity index (χ1n) is 4.30. The van der Waals surface area contributed by atoms with Crippen LogP contribution >= 0.6 is 0 Å². The van der Waals surface area contributed by atoms with Crippen LogP contribution in [0.15, 0.2) is 24.8 Å². The molecule has 4 nitrogen and oxygen atoms in total. The van der Waals surface area contributed by atoms with E-state index in [1.165, 1.54) is 19.2 Å². The molecular weight excluding hydrogens is 196 g/mol. The number of aliphatic hydroxyl groups excluding tert-OH is 1. The highest BCUT2D eigenvalue weighted by Gasteiger charge is 2.12. The molecule has 0 fully saturated rings. The number of aliphatic hydroxyl groups is 1. The summed E-state index contributed by atoms with van der Waals surface area (Å²) in [6, 6.07) is 4.36. The molecule has 80 valence electrons. The largest absolute Gasteiger partial charge is 0.507 e. The number of hydrogen-bond donors (Lipinski definition) is 2. The molecule has 0 unspecified atom stereocenters. The Labute approximate surface area is 87.4 Å². The van der Waals surface area contributed by atoms with Gasteiger partial charge in [0.25, 0.3) is 0 Å². The molecule has 0 aliphatic heterocycles. The second-order valence-corrected chi connectivity index (χ2v) is 2.99. The number of hydrogen-bond acceptors (Lipinski definition) is 4. The van der Waals surface area contributed by atoms with Gasteiger partial charge >= 0.3 is 5.97 Å². The van der Waals surface area contributed by atoms with Crippen molar-refractivity contribution in [2.24, 2.45) is 0 Å². The predicted molar refractivity (Wildman–Crippen MR) is 55.6 cm³/mol. The van der Waals surface area contributed by atoms with Crippen molar-refractivity contribution >= 4 is 11.5 Å². The molecule has 15 heavy (non-hydrogen) atoms. The highest BCUT2D eigenvalue weighted by Crippen LogP contribution is 2.22. The van der Waals surface area contributed by atoms with Gasteiger partial charge in [0.2, 0.25) is 0 Å². The van der Waals surface area contributed by atoms with Crippen molar-refractivity contribution in [1.29, 1.82) is 0 Å². The van der Waals surface area contributed by atoms with Crippen LogP contribution in [0.25, 0.3) is 5.57 Å². The van der Waals surface area contributed by atoms with Gasteiger partial charge in [0, 0.05) is 0 Å². The monoisotopic (exact) mass is 208 g/mol. The topological polar surface area (TPSA) is 66.8 Å². The quantitative estimate of drug-likeness (QED) is 0.732. The van der Waals surface area contributed by atoms with E-state index in [1.54, 1.807) is 6.07 Å². The Morgan fingerprint density at radius 2 is 2.20 bits per heavy atom. The smallest absolute Gasteiger partial charge is 0.341 e. The molecule has 0 aromatic heterocycles. The number of esters is 1. The minimum atomic E-state index is -0.625. The van der Waals surface area contributed by atoms with Crippen molar-refractivity contribution in [2.45, 2.75) is 0 Å². The summed E-state index contributed by atoms with van der Waals surface area (Å²) in [5.74, 6) is -0.781. The van der Waals surface area contributed by atoms with Gasteiger partial charge in [0.05, 0.1) is 13.7 Å². The molecule has 1 aromatic carbocycles. The van der Waals surface area contributed by atoms with Crippen LogP contribution in [0.1, 0.15) is 15.9 Å². The lowest BCUT2D eigenvalue weighted by atomic mass is 10.0. The zero-order chi connectivity index (χ0) is 11.4. The number of carbonyl (C=O) groups excluding carboxylic acids is 1. The van der Waals surface area contributed by atoms with E-state index in [4.69, 9.17) is 5.11 Å². The van der Waals surface area contributed by atoms with E-state index in [0.29, 0.717) is 11.1 Å². The van der Waals surface area contributed by atoms with Gasteiger partial charge in [-0.3, -0.25) is 0 Å². The van der Waals surface area contributed by atoms with Gasteiger partial charge in [-0.05, 0) is 23.3 Å². The number of aromatic hydroxyl groups is 1. The van der Waals surface area contributed by atoms with Gasteiger partial charge in [-0.2, -0.15) is 0 Å². The van der Waals surface area contributed by atoms with E-state index < -0.39 is 5.97 Å². The van der Waals surface area contributed by atoms with Gasteiger partial charge in [0.1, 0.15) is 11.3 Å². The van der Waals surface area contributed by atoms with E-state index in [2.05, 4.69) is 11.3 Å². The maximum Gasteiger partial charge on any atom is 0.341 e. The molecule has 1 rings (SSSR count). The van der Waals surface area contributed by atoms with Gasteiger partial charge in [0.15, 0.2) is 0 Å². The van der Waals surface area contributed by atoms with E-state index >= 15 is 0 Å². The number of phenolic OH excluding ortho intramolecular Hbond substituents is 1. The Morgan fingerprint density at radius 1 is 1.53 bits per heavy atom. The Bertz CT molecular complexity index is 396. The minimum absolute atomic E-state index is 0.0598. The van der Waals surface area contributed by atoms with Crippen LogP contribution < -0.4 is 0 Å². The third kappa shape index (κ3) is 2.35. The molecule has 2 N–H and O–H groups in total. The Balaban J connectivity index is 3.16. The maximum atomic E-state index is 11.2. The molecule has 1 aromatic rings. The molecular formula is C11H12O4. The van der Waals surface area contributed by atoms with Crippen molar-refractivity contribution < 1.29 is 19.7 Å². The first-order chi connectivity index (χ1) is 7.10. The lowest BCUT2D eigenvalue weighted by molar-refractivity contribution is 0.0597. The maximum absolute atomic E-state index is 11.2. The fourth-order valence-electron chi connectivity index (χ4n) is 1.12. The lowest BCUT2D eigenvalue weighted by Gasteiger charge is -2.06. The zero-order valence-electron chi connectivity index (χ0n) is 8.36. The second kappa shape index (κ2) is 4.61. The minimum Gasteiger partial charge on any atom is -0.507 e. The third-order valence-corrected chi connectivity index (χ3v) is 2.00. The normalized spacial score (nSPS) is 9.73. The SMILES string of the molecule is C=C(CO)c1ccc(O)c(C(=O)OC)c1. The van der Waals surface area contributed by atoms with Crippen molar-refractivity contribution in [3.05, 3.63) is 35.9 Å². The highest BCUT2D eigenvalue weighted by atomic mass is 16.5. The number of carbonyl (C=O) groups is 1. The van der Waals surface area contributed by atoms with Crippen molar-refractivity contribution in [3.8, 4) is 5.75 Å². The summed E-state index contributed by atoms with van der Waals surface area (Å²) in [6.45, 7) is 3.41. The number of phenols is 1. The summed E-state index contributed by atoms with van der Waals surface area (Å²) < 4.78 is 4.49. The standard InChI is InChI=1S/C11H12O4/c1-7(6-12)8-3-4-10(13)9(5-8)11(14)15-2/h3-5,12-13H,1,6H2,2H3. The lowest BCUT2D eigenvalue weighted by Crippen LogP contribution is -2.02. The van der Waals surface area contributed by atoms with Crippen molar-refractivity contribution in [2.75, 3.05) is 13.7 Å². The average molecular weight is 208 g/mol. The summed E-state index contributed by atoms with van der Waals surface area (Å²) in [6.07, 6.45) is 0. The van der Waals surface area contributed by atoms with Crippen molar-refractivity contribution in [1.82, 2.24) is 0 Å². The van der Waals surface area contributed by atoms with Crippen LogP contribution in [0.2, 0.25) is 0 Å². The molecule has 0 spiro atoms. The zero-order valence-corrected chi connectivity index (χ0v) is 8.36. The van der Waals surface area contributed by atoms with Gasteiger partial charge in [-0.25, -0.2) is 4.79 Å². The Hall–Kier alpha value is -1.81. The number of methoxy groups -OCH3 is 1. The van der Waals surface area contributed by atoms with Crippen LogP contribution in [0.5, 0.6) is 5.75 Å². The van der Waals surface area contributed by atoms with Crippen molar-refractivity contribution in [3.63, 3.8) is 0 Å². The van der Waals surface area contributed by atoms with Gasteiger partial charge in [-0.1, -0.05) is 12.6 Å². The van der Waals surface area contributed by atoms with E-state index in [0.717, 1.165) is 0 Å². The van der Waals surface area contributed by atoms with Crippen LogP contribution in [0.4, 0.5) is 0 Å². The van der Waals surface area contributed by atoms with Crippen LogP contribution in [-0.2, 0) is 4.74 Å². The van der Waals surface area contributed by atoms with Crippen LogP contribution in [-0.4, -0.2) is 29.9 Å². The molecule has 0 aliphatic carbocycles. The number of benzene rings is 1. The number of rotatable bonds is 3. The highest BCUT2D eigenvalue weighted by molar-refractivity contribution is 5.93. The summed E-state index contributed by atoms with van der Waals surface area (Å²) >= 11 is 0. The second-order valence-electron chi connectivity index (χ2n) is 2.99. The molecule has 0 amide bonds. The van der Waals surface area contributed by atoms with Gasteiger partial charge in [-0.15, -0.1) is 0 Å². The van der Waals surface area contributed by atoms with Crippen LogP contribution in [0, 0.1) is 0 Å². The average Bonchev–Trinajstić information content (AvgIpc) is 2.27. The fraction of sp³-hybridized carbons (Fsp3) is 0.182. The molecule has 0 saturated heterocycles. The number of ether oxygens (including phenoxy) is 1. The van der Waals surface area contributed by atoms with E-state index in [1.807, 2.05) is 0 Å². The first-order valence-corrected chi connectivity index (χ1v) is 4.30.